The van der Waals surface area contributed by atoms with Gasteiger partial charge in [-0.2, -0.15) is 0 Å². The van der Waals surface area contributed by atoms with Crippen LogP contribution in [0.3, 0.4) is 0 Å². The monoisotopic (exact) mass is 240 g/mol. The number of ether oxygens (including phenoxy) is 2. The quantitative estimate of drug-likeness (QED) is 0.269. The molecule has 0 saturated heterocycles. The molecule has 1 fully saturated rings. The second kappa shape index (κ2) is 9.74. The minimum Gasteiger partial charge on any atom is -1.00 e. The predicted octanol–water partition coefficient (Wildman–Crippen LogP) is -1.09. The zero-order chi connectivity index (χ0) is 9.57. The second-order valence-electron chi connectivity index (χ2n) is 3.37. The summed E-state index contributed by atoms with van der Waals surface area (Å²) < 4.78 is 11.2. The minimum absolute atomic E-state index is 0. The molecule has 0 spiro atoms. The van der Waals surface area contributed by atoms with E-state index in [0.717, 1.165) is 25.7 Å². The summed E-state index contributed by atoms with van der Waals surface area (Å²) >= 11 is 0. The van der Waals surface area contributed by atoms with Crippen LogP contribution >= 0.6 is 0 Å². The van der Waals surface area contributed by atoms with Gasteiger partial charge in [0.2, 0.25) is 0 Å². The molecule has 1 aliphatic carbocycles. The van der Waals surface area contributed by atoms with Crippen LogP contribution in [0, 0.1) is 12.3 Å². The third-order valence-corrected chi connectivity index (χ3v) is 2.43. The zero-order valence-electron chi connectivity index (χ0n) is 9.35. The first-order valence-corrected chi connectivity index (χ1v) is 5.00. The Hall–Kier alpha value is 0.536. The molecular weight excluding hydrogens is 224 g/mol. The Bertz CT molecular complexity index is 180. The average molecular weight is 241 g/mol. The van der Waals surface area contributed by atoms with Crippen LogP contribution in [-0.2, 0) is 9.47 Å². The molecule has 0 aromatic carbocycles. The summed E-state index contributed by atoms with van der Waals surface area (Å²) in [7, 11) is 0. The van der Waals surface area contributed by atoms with Gasteiger partial charge in [-0.3, -0.25) is 0 Å². The van der Waals surface area contributed by atoms with Crippen molar-refractivity contribution in [1.82, 2.24) is 0 Å². The fourth-order valence-corrected chi connectivity index (χ4v) is 1.85. The van der Waals surface area contributed by atoms with Gasteiger partial charge >= 0.3 is 23.1 Å². The fourth-order valence-electron chi connectivity index (χ4n) is 1.85. The van der Waals surface area contributed by atoms with E-state index in [1.54, 1.807) is 0 Å². The van der Waals surface area contributed by atoms with Crippen LogP contribution in [-0.4, -0.2) is 42.1 Å². The van der Waals surface area contributed by atoms with Gasteiger partial charge in [-0.15, -0.1) is 0 Å². The van der Waals surface area contributed by atoms with E-state index < -0.39 is 5.79 Å². The number of rotatable bonds is 4. The summed E-state index contributed by atoms with van der Waals surface area (Å²) in [6.45, 7) is 2.91. The molecule has 1 aliphatic rings. The van der Waals surface area contributed by atoms with Crippen molar-refractivity contribution in [3.63, 3.8) is 0 Å². The molecule has 0 radical (unpaired) electrons. The number of hydrogen-bond acceptors (Lipinski definition) is 2. The molecule has 0 unspecified atom stereocenters. The Balaban J connectivity index is 0. The summed E-state index contributed by atoms with van der Waals surface area (Å²) in [5.74, 6) is 1.84. The Kier molecular flexibility index (Phi) is 11.6. The maximum absolute atomic E-state index is 6.81. The van der Waals surface area contributed by atoms with Gasteiger partial charge in [-0.05, 0) is 19.8 Å². The molecule has 0 aliphatic heterocycles. The third kappa shape index (κ3) is 5.99. The molecule has 1 saturated carbocycles. The predicted molar refractivity (Wildman–Crippen MR) is 56.3 cm³/mol. The molecule has 0 aromatic heterocycles. The van der Waals surface area contributed by atoms with Gasteiger partial charge in [0, 0.05) is 19.4 Å². The summed E-state index contributed by atoms with van der Waals surface area (Å²) in [5, 5.41) is 0. The molecule has 0 heterocycles. The molecule has 2 nitrogen and oxygen atoms in total. The maximum atomic E-state index is 6.81. The molecule has 15 heavy (non-hydrogen) atoms. The van der Waals surface area contributed by atoms with Gasteiger partial charge in [0.05, 0.1) is 6.61 Å². The number of halogens is 1. The molecule has 82 valence electrons. The molecule has 1 rings (SSSR count). The first kappa shape index (κ1) is 17.9. The van der Waals surface area contributed by atoms with Gasteiger partial charge in [-0.25, -0.2) is 0 Å². The van der Waals surface area contributed by atoms with Crippen LogP contribution in [0.2, 0.25) is 0 Å². The summed E-state index contributed by atoms with van der Waals surface area (Å²) in [6, 6.07) is 0. The van der Waals surface area contributed by atoms with E-state index >= 15 is 0 Å². The standard InChI is InChI=1S/C11H17O2.ClH.Mg/c1-3-10-13-11(12-4-2)8-6-5-7-9-11;;/h4-10H2,2H3;1H;/q-1;;+2/p-1. The van der Waals surface area contributed by atoms with Crippen LogP contribution in [0.15, 0.2) is 0 Å². The first-order valence-electron chi connectivity index (χ1n) is 5.00. The van der Waals surface area contributed by atoms with Crippen LogP contribution in [0.4, 0.5) is 0 Å². The van der Waals surface area contributed by atoms with Crippen LogP contribution in [0.5, 0.6) is 0 Å². The second-order valence-corrected chi connectivity index (χ2v) is 3.37. The van der Waals surface area contributed by atoms with E-state index in [0.29, 0.717) is 6.61 Å². The molecule has 0 bridgehead atoms. The van der Waals surface area contributed by atoms with E-state index in [4.69, 9.17) is 15.9 Å². The summed E-state index contributed by atoms with van der Waals surface area (Å²) in [4.78, 5) is 0. The van der Waals surface area contributed by atoms with Gasteiger partial charge in [0.15, 0.2) is 5.79 Å². The van der Waals surface area contributed by atoms with Gasteiger partial charge in [0.25, 0.3) is 0 Å². The first-order chi connectivity index (χ1) is 6.33. The Labute approximate surface area is 115 Å². The van der Waals surface area contributed by atoms with Crippen molar-refractivity contribution < 1.29 is 21.9 Å². The summed E-state index contributed by atoms with van der Waals surface area (Å²) in [5.41, 5.74) is 0. The molecule has 0 N–H and O–H groups in total. The van der Waals surface area contributed by atoms with Crippen LogP contribution < -0.4 is 12.4 Å². The fraction of sp³-hybridized carbons (Fsp3) is 0.818. The number of hydrogen-bond donors (Lipinski definition) is 0. The molecule has 0 amide bonds. The third-order valence-electron chi connectivity index (χ3n) is 2.43. The van der Waals surface area contributed by atoms with Gasteiger partial charge in [-0.1, -0.05) is 6.42 Å². The van der Waals surface area contributed by atoms with E-state index in [9.17, 15) is 0 Å². The summed E-state index contributed by atoms with van der Waals surface area (Å²) in [6.07, 6.45) is 12.3. The van der Waals surface area contributed by atoms with Gasteiger partial charge < -0.3 is 34.2 Å². The minimum atomic E-state index is -0.402. The molecule has 0 aromatic rings. The van der Waals surface area contributed by atoms with Crippen molar-refractivity contribution in [2.75, 3.05) is 13.2 Å². The Morgan fingerprint density at radius 3 is 2.27 bits per heavy atom. The van der Waals surface area contributed by atoms with Gasteiger partial charge in [0.1, 0.15) is 0 Å². The van der Waals surface area contributed by atoms with Crippen molar-refractivity contribution in [2.24, 2.45) is 0 Å². The van der Waals surface area contributed by atoms with E-state index in [1.165, 1.54) is 6.42 Å². The van der Waals surface area contributed by atoms with Crippen molar-refractivity contribution in [3.05, 3.63) is 6.42 Å². The normalized spacial score (nSPS) is 18.1. The van der Waals surface area contributed by atoms with Crippen LogP contribution in [0.1, 0.15) is 39.0 Å². The van der Waals surface area contributed by atoms with E-state index in [2.05, 4.69) is 5.92 Å². The van der Waals surface area contributed by atoms with E-state index in [-0.39, 0.29) is 42.1 Å². The van der Waals surface area contributed by atoms with Crippen molar-refractivity contribution >= 4 is 23.1 Å². The average Bonchev–Trinajstić information content (AvgIpc) is 2.17. The Morgan fingerprint density at radius 1 is 1.20 bits per heavy atom. The largest absolute Gasteiger partial charge is 2.00 e. The van der Waals surface area contributed by atoms with Crippen LogP contribution in [0.25, 0.3) is 0 Å². The van der Waals surface area contributed by atoms with Crippen molar-refractivity contribution in [2.45, 2.75) is 44.8 Å². The zero-order valence-corrected chi connectivity index (χ0v) is 11.5. The molecule has 4 heteroatoms. The van der Waals surface area contributed by atoms with Crippen molar-refractivity contribution in [3.8, 4) is 5.92 Å². The SMILES string of the molecule is [C-]#CCOC1(OCC)CCCCC1.[Cl-].[Mg+2]. The topological polar surface area (TPSA) is 18.5 Å². The van der Waals surface area contributed by atoms with Crippen molar-refractivity contribution in [1.29, 1.82) is 0 Å². The Morgan fingerprint density at radius 2 is 1.80 bits per heavy atom. The smallest absolute Gasteiger partial charge is 1.00 e. The molecule has 0 atom stereocenters. The molecular formula is C11H17ClMgO2. The van der Waals surface area contributed by atoms with E-state index in [1.807, 2.05) is 6.92 Å². The maximum Gasteiger partial charge on any atom is 2.00 e.